The zero-order valence-corrected chi connectivity index (χ0v) is 43.9. The zero-order valence-electron chi connectivity index (χ0n) is 43.9. The van der Waals surface area contributed by atoms with E-state index >= 15 is 0 Å². The van der Waals surface area contributed by atoms with Crippen molar-refractivity contribution in [3.8, 4) is 0 Å². The molecule has 0 N–H and O–H groups in total. The molecule has 0 aromatic heterocycles. The van der Waals surface area contributed by atoms with Crippen molar-refractivity contribution in [3.05, 3.63) is 85.1 Å². The minimum atomic E-state index is -0.816. The zero-order chi connectivity index (χ0) is 48.6. The predicted octanol–water partition coefficient (Wildman–Crippen LogP) is 18.8. The molecule has 0 rings (SSSR count). The summed E-state index contributed by atoms with van der Waals surface area (Å²) in [6.07, 6.45) is 71.5. The number of carbonyl (C=O) groups is 3. The highest BCUT2D eigenvalue weighted by Gasteiger charge is 2.19. The van der Waals surface area contributed by atoms with Gasteiger partial charge in [0.15, 0.2) is 6.10 Å². The van der Waals surface area contributed by atoms with Crippen LogP contribution in [-0.4, -0.2) is 37.2 Å². The summed E-state index contributed by atoms with van der Waals surface area (Å²) in [4.78, 5) is 38.1. The number of carbonyl (C=O) groups excluding carboxylic acids is 3. The van der Waals surface area contributed by atoms with E-state index in [1.165, 1.54) is 122 Å². The normalized spacial score (nSPS) is 12.7. The molecule has 0 aliphatic rings. The number of rotatable bonds is 50. The molecule has 6 nitrogen and oxygen atoms in total. The highest BCUT2D eigenvalue weighted by molar-refractivity contribution is 5.71. The van der Waals surface area contributed by atoms with E-state index in [0.29, 0.717) is 19.3 Å². The largest absolute Gasteiger partial charge is 0.462 e. The summed E-state index contributed by atoms with van der Waals surface area (Å²) in [7, 11) is 0. The Morgan fingerprint density at radius 1 is 0.313 bits per heavy atom. The molecule has 0 aliphatic carbocycles. The first-order chi connectivity index (χ1) is 33.0. The van der Waals surface area contributed by atoms with Gasteiger partial charge < -0.3 is 14.2 Å². The van der Waals surface area contributed by atoms with Gasteiger partial charge in [0.1, 0.15) is 13.2 Å². The van der Waals surface area contributed by atoms with Gasteiger partial charge in [-0.1, -0.05) is 241 Å². The van der Waals surface area contributed by atoms with Gasteiger partial charge in [-0.05, 0) is 89.9 Å². The molecular formula is C61H104O6. The van der Waals surface area contributed by atoms with E-state index in [0.717, 1.165) is 96.3 Å². The van der Waals surface area contributed by atoms with Crippen molar-refractivity contribution in [3.63, 3.8) is 0 Å². The Morgan fingerprint density at radius 3 is 1.04 bits per heavy atom. The smallest absolute Gasteiger partial charge is 0.306 e. The van der Waals surface area contributed by atoms with Crippen LogP contribution in [0.25, 0.3) is 0 Å². The summed E-state index contributed by atoms with van der Waals surface area (Å²) in [5, 5.41) is 0. The first-order valence-corrected chi connectivity index (χ1v) is 28.1. The summed E-state index contributed by atoms with van der Waals surface area (Å²) in [6, 6.07) is 0. The molecule has 6 heteroatoms. The standard InChI is InChI=1S/C61H104O6/c1-4-7-10-13-16-19-22-25-27-29-31-33-36-39-42-45-48-51-54-60(63)66-57-58(56-65-59(62)53-50-47-44-41-38-35-24-21-18-15-12-9-6-3)67-61(64)55-52-49-46-43-40-37-34-32-30-28-26-23-20-17-14-11-8-5-2/h22,25,27-35,38,44,47,58H,4-21,23-24,26,36-37,39-43,45-46,48-57H2,1-3H3/b25-22-,29-27-,30-28-,33-31-,34-32-,38-35-,47-44-. The molecule has 0 bridgehead atoms. The lowest BCUT2D eigenvalue weighted by Crippen LogP contribution is -2.30. The molecule has 0 aromatic carbocycles. The Kier molecular flexibility index (Phi) is 52.4. The van der Waals surface area contributed by atoms with Gasteiger partial charge in [0.25, 0.3) is 0 Å². The second-order valence-corrected chi connectivity index (χ2v) is 18.6. The van der Waals surface area contributed by atoms with Gasteiger partial charge in [0.05, 0.1) is 0 Å². The van der Waals surface area contributed by atoms with E-state index in [-0.39, 0.29) is 37.5 Å². The highest BCUT2D eigenvalue weighted by atomic mass is 16.6. The van der Waals surface area contributed by atoms with Gasteiger partial charge >= 0.3 is 17.9 Å². The summed E-state index contributed by atoms with van der Waals surface area (Å²) in [6.45, 7) is 6.53. The lowest BCUT2D eigenvalue weighted by molar-refractivity contribution is -0.166. The Morgan fingerprint density at radius 2 is 0.627 bits per heavy atom. The van der Waals surface area contributed by atoms with Crippen molar-refractivity contribution < 1.29 is 28.6 Å². The van der Waals surface area contributed by atoms with Crippen molar-refractivity contribution in [1.82, 2.24) is 0 Å². The minimum absolute atomic E-state index is 0.111. The monoisotopic (exact) mass is 933 g/mol. The lowest BCUT2D eigenvalue weighted by Gasteiger charge is -2.18. The van der Waals surface area contributed by atoms with E-state index in [9.17, 15) is 14.4 Å². The van der Waals surface area contributed by atoms with Crippen molar-refractivity contribution >= 4 is 17.9 Å². The number of esters is 3. The van der Waals surface area contributed by atoms with E-state index in [1.807, 2.05) is 6.08 Å². The molecule has 0 fully saturated rings. The number of hydrogen-bond donors (Lipinski definition) is 0. The van der Waals surface area contributed by atoms with E-state index in [2.05, 4.69) is 99.8 Å². The molecule has 0 heterocycles. The van der Waals surface area contributed by atoms with Crippen molar-refractivity contribution in [2.75, 3.05) is 13.2 Å². The third-order valence-electron chi connectivity index (χ3n) is 11.9. The maximum atomic E-state index is 12.8. The molecule has 1 atom stereocenters. The number of unbranched alkanes of at least 4 members (excludes halogenated alkanes) is 28. The van der Waals surface area contributed by atoms with Gasteiger partial charge in [0.2, 0.25) is 0 Å². The molecule has 0 saturated heterocycles. The molecule has 0 radical (unpaired) electrons. The first kappa shape index (κ1) is 63.6. The van der Waals surface area contributed by atoms with Crippen LogP contribution in [-0.2, 0) is 28.6 Å². The maximum absolute atomic E-state index is 12.8. The van der Waals surface area contributed by atoms with Gasteiger partial charge in [0, 0.05) is 19.3 Å². The molecule has 0 saturated carbocycles. The Hall–Kier alpha value is -3.41. The van der Waals surface area contributed by atoms with Crippen LogP contribution in [0.5, 0.6) is 0 Å². The van der Waals surface area contributed by atoms with Crippen LogP contribution >= 0.6 is 0 Å². The summed E-state index contributed by atoms with van der Waals surface area (Å²) in [5.41, 5.74) is 0. The average molecular weight is 933 g/mol. The summed E-state index contributed by atoms with van der Waals surface area (Å²) >= 11 is 0. The number of allylic oxidation sites excluding steroid dienone is 14. The van der Waals surface area contributed by atoms with Crippen LogP contribution in [0.15, 0.2) is 85.1 Å². The fourth-order valence-electron chi connectivity index (χ4n) is 7.66. The Balaban J connectivity index is 4.50. The predicted molar refractivity (Wildman–Crippen MR) is 288 cm³/mol. The Labute approximate surface area is 414 Å². The average Bonchev–Trinajstić information content (AvgIpc) is 3.33. The van der Waals surface area contributed by atoms with Crippen LogP contribution in [0.2, 0.25) is 0 Å². The Bertz CT molecular complexity index is 1300. The molecule has 67 heavy (non-hydrogen) atoms. The molecule has 0 aromatic rings. The third kappa shape index (κ3) is 53.4. The molecule has 384 valence electrons. The van der Waals surface area contributed by atoms with E-state index in [4.69, 9.17) is 14.2 Å². The maximum Gasteiger partial charge on any atom is 0.306 e. The van der Waals surface area contributed by atoms with Crippen LogP contribution < -0.4 is 0 Å². The second kappa shape index (κ2) is 55.2. The van der Waals surface area contributed by atoms with Gasteiger partial charge in [-0.3, -0.25) is 14.4 Å². The molecule has 0 amide bonds. The summed E-state index contributed by atoms with van der Waals surface area (Å²) in [5.74, 6) is -1.01. The van der Waals surface area contributed by atoms with Gasteiger partial charge in [-0.15, -0.1) is 0 Å². The van der Waals surface area contributed by atoms with E-state index < -0.39 is 6.10 Å². The topological polar surface area (TPSA) is 78.9 Å². The third-order valence-corrected chi connectivity index (χ3v) is 11.9. The van der Waals surface area contributed by atoms with Gasteiger partial charge in [-0.25, -0.2) is 0 Å². The molecule has 0 aliphatic heterocycles. The highest BCUT2D eigenvalue weighted by Crippen LogP contribution is 2.13. The van der Waals surface area contributed by atoms with Crippen LogP contribution in [0, 0.1) is 0 Å². The van der Waals surface area contributed by atoms with Crippen LogP contribution in [0.1, 0.15) is 265 Å². The molecular weight excluding hydrogens is 829 g/mol. The molecule has 0 spiro atoms. The van der Waals surface area contributed by atoms with Crippen molar-refractivity contribution in [1.29, 1.82) is 0 Å². The van der Waals surface area contributed by atoms with Crippen LogP contribution in [0.4, 0.5) is 0 Å². The second-order valence-electron chi connectivity index (χ2n) is 18.6. The lowest BCUT2D eigenvalue weighted by atomic mass is 10.1. The summed E-state index contributed by atoms with van der Waals surface area (Å²) < 4.78 is 16.8. The SMILES string of the molecule is CCCCCCC\C=C/C=C\C=C/CCCCCCCC(=O)OCC(COC(=O)CC/C=C\C/C=C\CCCCCCCC)OC(=O)CCCCCCC/C=C\C=C/CCCCCCCCC. The van der Waals surface area contributed by atoms with Crippen molar-refractivity contribution in [2.24, 2.45) is 0 Å². The fraction of sp³-hybridized carbons (Fsp3) is 0.721. The number of ether oxygens (including phenoxy) is 3. The minimum Gasteiger partial charge on any atom is -0.462 e. The van der Waals surface area contributed by atoms with Crippen molar-refractivity contribution in [2.45, 2.75) is 271 Å². The quantitative estimate of drug-likeness (QED) is 0.0199. The first-order valence-electron chi connectivity index (χ1n) is 28.1. The van der Waals surface area contributed by atoms with E-state index in [1.54, 1.807) is 0 Å². The number of hydrogen-bond acceptors (Lipinski definition) is 6. The van der Waals surface area contributed by atoms with Crippen LogP contribution in [0.3, 0.4) is 0 Å². The molecule has 1 unspecified atom stereocenters. The van der Waals surface area contributed by atoms with Gasteiger partial charge in [-0.2, -0.15) is 0 Å². The fourth-order valence-corrected chi connectivity index (χ4v) is 7.66.